The fraction of sp³-hybridized carbons (Fsp3) is 0.125. The summed E-state index contributed by atoms with van der Waals surface area (Å²) in [5.41, 5.74) is 6.04. The number of rotatable bonds is 4. The van der Waals surface area contributed by atoms with Gasteiger partial charge in [0.1, 0.15) is 11.5 Å². The van der Waals surface area contributed by atoms with E-state index in [1.807, 2.05) is 147 Å². The van der Waals surface area contributed by atoms with Crippen molar-refractivity contribution in [2.75, 3.05) is 11.5 Å². The van der Waals surface area contributed by atoms with Gasteiger partial charge < -0.3 is 9.47 Å². The van der Waals surface area contributed by atoms with E-state index in [4.69, 9.17) is 53.1 Å². The molecule has 9 aromatic rings. The average molecular weight is 950 g/mol. The minimum Gasteiger partial charge on any atom is -0.438 e. The summed E-state index contributed by atoms with van der Waals surface area (Å²) in [5.74, 6) is 4.70. The van der Waals surface area contributed by atoms with Crippen molar-refractivity contribution in [3.05, 3.63) is 166 Å². The zero-order chi connectivity index (χ0) is 45.0. The molecule has 0 N–H and O–H groups in total. The molecule has 0 saturated carbocycles. The van der Waals surface area contributed by atoms with Gasteiger partial charge in [-0.3, -0.25) is 0 Å². The van der Waals surface area contributed by atoms with Gasteiger partial charge in [-0.25, -0.2) is 0 Å². The minimum atomic E-state index is 0.473. The first-order valence-corrected chi connectivity index (χ1v) is 23.6. The third kappa shape index (κ3) is 9.13. The van der Waals surface area contributed by atoms with Crippen molar-refractivity contribution in [3.63, 3.8) is 0 Å². The van der Waals surface area contributed by atoms with Crippen LogP contribution in [0.15, 0.2) is 154 Å². The summed E-state index contributed by atoms with van der Waals surface area (Å²) in [7, 11) is 0. The number of hydrogen-bond acceptors (Lipinski definition) is 12. The Bertz CT molecular complexity index is 2970. The number of para-hydroxylation sites is 2. The third-order valence-electron chi connectivity index (χ3n) is 10.4. The maximum Gasteiger partial charge on any atom is 0.231 e. The highest BCUT2D eigenvalue weighted by Crippen LogP contribution is 2.35. The number of ether oxygens (including phenoxy) is 2. The average Bonchev–Trinajstić information content (AvgIpc) is 4.10. The Hall–Kier alpha value is -6.98. The zero-order valence-electron chi connectivity index (χ0n) is 35.4. The van der Waals surface area contributed by atoms with Gasteiger partial charge in [-0.05, 0) is 124 Å². The van der Waals surface area contributed by atoms with E-state index in [0.29, 0.717) is 77.8 Å². The molecule has 0 radical (unpaired) electrons. The van der Waals surface area contributed by atoms with Crippen LogP contribution >= 0.6 is 46.7 Å². The summed E-state index contributed by atoms with van der Waals surface area (Å²) >= 11 is 15.7. The predicted octanol–water partition coefficient (Wildman–Crippen LogP) is 11.8. The Morgan fingerprint density at radius 3 is 1.27 bits per heavy atom. The molecule has 14 nitrogen and oxygen atoms in total. The van der Waals surface area contributed by atoms with E-state index < -0.39 is 0 Å². The van der Waals surface area contributed by atoms with Crippen LogP contribution in [0.5, 0.6) is 23.3 Å². The van der Waals surface area contributed by atoms with Gasteiger partial charge in [0, 0.05) is 32.7 Å². The summed E-state index contributed by atoms with van der Waals surface area (Å²) in [5, 5.41) is 40.8. The SMILES string of the molecule is Cc1nn(-c2ccccc2)c2c1/C=N/n1c(nnc1-c1ccc(Cl)cc1)SCCCCSc1nnc(-c3ccc(Cl)cc3)n1/N=C/c1c(C)nn(-c3ccccc3)c1Oc1ccc(cc1)O2. The standard InChI is InChI=1S/C48H38Cl2N12O2S2/c1-31-41-29-51-61-43(33-15-19-35(49)20-16-33)53-55-47(61)65-27-9-10-28-66-48-56-54-44(34-17-21-36(50)22-18-34)62(48)52-30-42-32(2)58-60(38-13-7-4-8-14-38)46(42)64-40-25-23-39(24-26-40)63-45(41)59(57-31)37-11-5-3-6-12-37/h3-8,11-26,29-30H,9-10,27-28H2,1-2H3/b51-29+,52-30+. The number of hydrogen-bond donors (Lipinski definition) is 0. The molecule has 4 aromatic heterocycles. The minimum absolute atomic E-state index is 0.473. The highest BCUT2D eigenvalue weighted by atomic mass is 35.5. The molecule has 66 heavy (non-hydrogen) atoms. The predicted molar refractivity (Wildman–Crippen MR) is 261 cm³/mol. The van der Waals surface area contributed by atoms with Crippen molar-refractivity contribution in [1.29, 1.82) is 0 Å². The molecular weight excluding hydrogens is 912 g/mol. The van der Waals surface area contributed by atoms with Gasteiger partial charge in [0.05, 0.1) is 46.3 Å². The van der Waals surface area contributed by atoms with Crippen LogP contribution < -0.4 is 9.47 Å². The molecule has 2 aliphatic rings. The summed E-state index contributed by atoms with van der Waals surface area (Å²) < 4.78 is 20.5. The Morgan fingerprint density at radius 1 is 0.485 bits per heavy atom. The molecule has 0 amide bonds. The van der Waals surface area contributed by atoms with Crippen LogP contribution in [0.3, 0.4) is 0 Å². The molecule has 0 fully saturated rings. The van der Waals surface area contributed by atoms with Crippen molar-refractivity contribution in [2.45, 2.75) is 37.0 Å². The Kier molecular flexibility index (Phi) is 12.5. The third-order valence-corrected chi connectivity index (χ3v) is 12.9. The van der Waals surface area contributed by atoms with Gasteiger partial charge in [-0.15, -0.1) is 20.4 Å². The largest absolute Gasteiger partial charge is 0.438 e. The van der Waals surface area contributed by atoms with Crippen LogP contribution in [0.25, 0.3) is 34.2 Å². The van der Waals surface area contributed by atoms with Crippen LogP contribution in [0, 0.1) is 13.8 Å². The van der Waals surface area contributed by atoms with Gasteiger partial charge in [-0.2, -0.15) is 39.1 Å². The number of aryl methyl sites for hydroxylation is 2. The van der Waals surface area contributed by atoms with E-state index >= 15 is 0 Å². The number of halogens is 2. The summed E-state index contributed by atoms with van der Waals surface area (Å²) in [6.45, 7) is 3.86. The zero-order valence-corrected chi connectivity index (χ0v) is 38.6. The topological polar surface area (TPSA) is 140 Å². The van der Waals surface area contributed by atoms with Crippen molar-refractivity contribution in [2.24, 2.45) is 10.2 Å². The second-order valence-corrected chi connectivity index (χ2v) is 17.9. The summed E-state index contributed by atoms with van der Waals surface area (Å²) in [6.07, 6.45) is 5.26. The van der Waals surface area contributed by atoms with Gasteiger partial charge in [-0.1, -0.05) is 83.1 Å². The number of fused-ring (bicyclic) bond motifs is 7. The van der Waals surface area contributed by atoms with Gasteiger partial charge >= 0.3 is 0 Å². The molecule has 18 heteroatoms. The van der Waals surface area contributed by atoms with Crippen LogP contribution in [0.2, 0.25) is 10.0 Å². The first-order chi connectivity index (χ1) is 32.4. The van der Waals surface area contributed by atoms with E-state index in [-0.39, 0.29) is 0 Å². The molecule has 0 spiro atoms. The van der Waals surface area contributed by atoms with Gasteiger partial charge in [0.15, 0.2) is 11.6 Å². The lowest BCUT2D eigenvalue weighted by molar-refractivity contribution is 0.432. The lowest BCUT2D eigenvalue weighted by Gasteiger charge is -2.12. The summed E-state index contributed by atoms with van der Waals surface area (Å²) in [6, 6.07) is 42.0. The molecule has 2 aliphatic heterocycles. The van der Waals surface area contributed by atoms with Crippen molar-refractivity contribution >= 4 is 59.2 Å². The molecular formula is C48H38Cl2N12O2S2. The second-order valence-electron chi connectivity index (χ2n) is 14.9. The monoisotopic (exact) mass is 948 g/mol. The quantitative estimate of drug-likeness (QED) is 0.167. The molecule has 0 unspecified atom stereocenters. The Balaban J connectivity index is 1.08. The molecule has 5 aromatic carbocycles. The first-order valence-electron chi connectivity index (χ1n) is 20.9. The highest BCUT2D eigenvalue weighted by molar-refractivity contribution is 7.99. The molecule has 11 rings (SSSR count). The van der Waals surface area contributed by atoms with Crippen molar-refractivity contribution in [3.8, 4) is 57.4 Å². The molecule has 0 saturated heterocycles. The normalized spacial score (nSPS) is 14.2. The summed E-state index contributed by atoms with van der Waals surface area (Å²) in [4.78, 5) is 0. The molecule has 328 valence electrons. The Morgan fingerprint density at radius 2 is 0.879 bits per heavy atom. The lowest BCUT2D eigenvalue weighted by Crippen LogP contribution is -2.02. The van der Waals surface area contributed by atoms with Gasteiger partial charge in [0.25, 0.3) is 0 Å². The van der Waals surface area contributed by atoms with Crippen LogP contribution in [-0.2, 0) is 0 Å². The highest BCUT2D eigenvalue weighted by Gasteiger charge is 2.23. The van der Waals surface area contributed by atoms with Crippen molar-refractivity contribution in [1.82, 2.24) is 49.3 Å². The molecule has 6 heterocycles. The van der Waals surface area contributed by atoms with Crippen LogP contribution in [0.4, 0.5) is 0 Å². The van der Waals surface area contributed by atoms with Crippen LogP contribution in [-0.4, -0.2) is 73.2 Å². The number of thioether (sulfide) groups is 2. The lowest BCUT2D eigenvalue weighted by atomic mass is 10.2. The van der Waals surface area contributed by atoms with Crippen LogP contribution in [0.1, 0.15) is 35.4 Å². The molecule has 0 atom stereocenters. The van der Waals surface area contributed by atoms with E-state index in [2.05, 4.69) is 20.4 Å². The van der Waals surface area contributed by atoms with E-state index in [0.717, 1.165) is 46.8 Å². The molecule has 0 aliphatic carbocycles. The number of aromatic nitrogens is 10. The first kappa shape index (κ1) is 42.9. The Labute approximate surface area is 397 Å². The number of benzene rings is 5. The van der Waals surface area contributed by atoms with Crippen molar-refractivity contribution < 1.29 is 9.47 Å². The molecule has 2 bridgehead atoms. The second kappa shape index (κ2) is 19.2. The fourth-order valence-electron chi connectivity index (χ4n) is 7.06. The number of nitrogens with zero attached hydrogens (tertiary/aromatic N) is 12. The van der Waals surface area contributed by atoms with E-state index in [1.54, 1.807) is 54.7 Å². The fourth-order valence-corrected chi connectivity index (χ4v) is 9.08. The van der Waals surface area contributed by atoms with Gasteiger partial charge in [0.2, 0.25) is 22.1 Å². The smallest absolute Gasteiger partial charge is 0.231 e. The maximum atomic E-state index is 6.73. The van der Waals surface area contributed by atoms with E-state index in [9.17, 15) is 0 Å². The van der Waals surface area contributed by atoms with E-state index in [1.165, 1.54) is 0 Å². The maximum absolute atomic E-state index is 6.73.